The third kappa shape index (κ3) is 2.95. The highest BCUT2D eigenvalue weighted by atomic mass is 19.1. The minimum Gasteiger partial charge on any atom is -0.386 e. The normalized spacial score (nSPS) is 12.3. The number of aliphatic hydroxyl groups is 1. The Labute approximate surface area is 120 Å². The van der Waals surface area contributed by atoms with Crippen molar-refractivity contribution < 1.29 is 9.50 Å². The molecule has 0 spiro atoms. The molecule has 1 unspecified atom stereocenters. The molecule has 1 aromatic heterocycles. The molecule has 2 aromatic carbocycles. The topological polar surface area (TPSA) is 63.8 Å². The first-order valence-electron chi connectivity index (χ1n) is 6.50. The summed E-state index contributed by atoms with van der Waals surface area (Å²) in [5.41, 5.74) is 1.06. The summed E-state index contributed by atoms with van der Waals surface area (Å²) in [7, 11) is 0. The Morgan fingerprint density at radius 2 is 1.76 bits per heavy atom. The average Bonchev–Trinajstić information content (AvgIpc) is 2.97. The zero-order chi connectivity index (χ0) is 14.7. The van der Waals surface area contributed by atoms with Crippen LogP contribution in [0.4, 0.5) is 4.39 Å². The van der Waals surface area contributed by atoms with Gasteiger partial charge in [0.1, 0.15) is 11.9 Å². The smallest absolute Gasteiger partial charge is 0.204 e. The number of aliphatic hydroxyl groups excluding tert-OH is 1. The molecule has 0 bridgehead atoms. The van der Waals surface area contributed by atoms with Crippen LogP contribution < -0.4 is 0 Å². The number of benzene rings is 2. The Morgan fingerprint density at radius 3 is 2.52 bits per heavy atom. The minimum absolute atomic E-state index is 0.0424. The maximum absolute atomic E-state index is 13.6. The van der Waals surface area contributed by atoms with Crippen LogP contribution in [0.3, 0.4) is 0 Å². The maximum Gasteiger partial charge on any atom is 0.204 e. The minimum atomic E-state index is -1.02. The molecular weight excluding hydrogens is 271 g/mol. The summed E-state index contributed by atoms with van der Waals surface area (Å²) in [6.45, 7) is 0.0424. The Hall–Kier alpha value is -2.60. The zero-order valence-corrected chi connectivity index (χ0v) is 11.1. The number of tetrazole rings is 1. The molecule has 5 nitrogen and oxygen atoms in total. The van der Waals surface area contributed by atoms with E-state index in [9.17, 15) is 9.50 Å². The first kappa shape index (κ1) is 13.4. The summed E-state index contributed by atoms with van der Waals surface area (Å²) in [5.74, 6) is 0.0183. The van der Waals surface area contributed by atoms with Gasteiger partial charge < -0.3 is 5.11 Å². The maximum atomic E-state index is 13.6. The molecule has 1 heterocycles. The predicted octanol–water partition coefficient (Wildman–Crippen LogP) is 2.21. The first-order chi connectivity index (χ1) is 10.2. The van der Waals surface area contributed by atoms with Gasteiger partial charge in [0.25, 0.3) is 0 Å². The average molecular weight is 284 g/mol. The SMILES string of the molecule is OC(Cn1nnc(-c2ccccc2)n1)c1ccccc1F. The molecule has 0 fully saturated rings. The van der Waals surface area contributed by atoms with E-state index in [1.165, 1.54) is 16.9 Å². The molecule has 0 aliphatic rings. The lowest BCUT2D eigenvalue weighted by molar-refractivity contribution is 0.140. The first-order valence-corrected chi connectivity index (χ1v) is 6.50. The van der Waals surface area contributed by atoms with E-state index in [4.69, 9.17) is 0 Å². The van der Waals surface area contributed by atoms with E-state index >= 15 is 0 Å². The second-order valence-corrected chi connectivity index (χ2v) is 4.57. The highest BCUT2D eigenvalue weighted by molar-refractivity contribution is 5.52. The third-order valence-electron chi connectivity index (χ3n) is 3.09. The van der Waals surface area contributed by atoms with Crippen LogP contribution in [-0.4, -0.2) is 25.3 Å². The van der Waals surface area contributed by atoms with Gasteiger partial charge in [-0.1, -0.05) is 48.5 Å². The van der Waals surface area contributed by atoms with Crippen LogP contribution in [0, 0.1) is 5.82 Å². The molecule has 3 aromatic rings. The summed E-state index contributed by atoms with van der Waals surface area (Å²) in [6, 6.07) is 15.5. The second kappa shape index (κ2) is 5.80. The molecule has 1 atom stereocenters. The fraction of sp³-hybridized carbons (Fsp3) is 0.133. The summed E-state index contributed by atoms with van der Waals surface area (Å²) in [5, 5.41) is 22.1. The fourth-order valence-corrected chi connectivity index (χ4v) is 2.02. The van der Waals surface area contributed by atoms with Gasteiger partial charge >= 0.3 is 0 Å². The second-order valence-electron chi connectivity index (χ2n) is 4.57. The van der Waals surface area contributed by atoms with Gasteiger partial charge in [-0.3, -0.25) is 0 Å². The van der Waals surface area contributed by atoms with Crippen molar-refractivity contribution in [3.8, 4) is 11.4 Å². The van der Waals surface area contributed by atoms with E-state index in [-0.39, 0.29) is 12.1 Å². The third-order valence-corrected chi connectivity index (χ3v) is 3.09. The van der Waals surface area contributed by atoms with Crippen molar-refractivity contribution in [2.24, 2.45) is 0 Å². The van der Waals surface area contributed by atoms with E-state index in [0.717, 1.165) is 5.56 Å². The summed E-state index contributed by atoms with van der Waals surface area (Å²) in [6.07, 6.45) is -1.02. The van der Waals surface area contributed by atoms with E-state index in [0.29, 0.717) is 5.82 Å². The van der Waals surface area contributed by atoms with Gasteiger partial charge in [-0.05, 0) is 11.3 Å². The van der Waals surface area contributed by atoms with Crippen LogP contribution in [0.15, 0.2) is 54.6 Å². The molecular formula is C15H13FN4O. The molecule has 0 amide bonds. The fourth-order valence-electron chi connectivity index (χ4n) is 2.02. The molecule has 0 aliphatic heterocycles. The van der Waals surface area contributed by atoms with E-state index in [1.807, 2.05) is 30.3 Å². The molecule has 3 rings (SSSR count). The number of halogens is 1. The van der Waals surface area contributed by atoms with Gasteiger partial charge in [0, 0.05) is 11.1 Å². The molecule has 106 valence electrons. The van der Waals surface area contributed by atoms with Crippen molar-refractivity contribution in [3.63, 3.8) is 0 Å². The van der Waals surface area contributed by atoms with Crippen molar-refractivity contribution in [3.05, 3.63) is 66.0 Å². The van der Waals surface area contributed by atoms with E-state index in [1.54, 1.807) is 12.1 Å². The van der Waals surface area contributed by atoms with Crippen molar-refractivity contribution in [2.45, 2.75) is 12.6 Å². The van der Waals surface area contributed by atoms with Crippen LogP contribution in [-0.2, 0) is 6.54 Å². The van der Waals surface area contributed by atoms with Gasteiger partial charge in [0.15, 0.2) is 0 Å². The molecule has 0 aliphatic carbocycles. The van der Waals surface area contributed by atoms with E-state index < -0.39 is 11.9 Å². The van der Waals surface area contributed by atoms with Gasteiger partial charge in [-0.15, -0.1) is 10.2 Å². The Balaban J connectivity index is 1.77. The molecule has 21 heavy (non-hydrogen) atoms. The van der Waals surface area contributed by atoms with Crippen LogP contribution in [0.25, 0.3) is 11.4 Å². The predicted molar refractivity (Wildman–Crippen MR) is 74.6 cm³/mol. The number of aromatic nitrogens is 4. The van der Waals surface area contributed by atoms with Gasteiger partial charge in [-0.25, -0.2) is 4.39 Å². The van der Waals surface area contributed by atoms with Crippen molar-refractivity contribution in [2.75, 3.05) is 0 Å². The van der Waals surface area contributed by atoms with Crippen molar-refractivity contribution >= 4 is 0 Å². The number of hydrogen-bond acceptors (Lipinski definition) is 4. The lowest BCUT2D eigenvalue weighted by atomic mass is 10.1. The van der Waals surface area contributed by atoms with Crippen LogP contribution >= 0.6 is 0 Å². The number of rotatable bonds is 4. The van der Waals surface area contributed by atoms with Crippen LogP contribution in [0.1, 0.15) is 11.7 Å². The molecule has 0 saturated heterocycles. The summed E-state index contributed by atoms with van der Waals surface area (Å²) >= 11 is 0. The Morgan fingerprint density at radius 1 is 1.05 bits per heavy atom. The van der Waals surface area contributed by atoms with Gasteiger partial charge in [0.05, 0.1) is 6.54 Å². The highest BCUT2D eigenvalue weighted by Crippen LogP contribution is 2.18. The molecule has 0 saturated carbocycles. The van der Waals surface area contributed by atoms with Crippen molar-refractivity contribution in [1.82, 2.24) is 20.2 Å². The van der Waals surface area contributed by atoms with Crippen LogP contribution in [0.5, 0.6) is 0 Å². The molecule has 0 radical (unpaired) electrons. The lowest BCUT2D eigenvalue weighted by Gasteiger charge is -2.10. The van der Waals surface area contributed by atoms with Crippen molar-refractivity contribution in [1.29, 1.82) is 0 Å². The number of nitrogens with zero attached hydrogens (tertiary/aromatic N) is 4. The zero-order valence-electron chi connectivity index (χ0n) is 11.1. The molecule has 1 N–H and O–H groups in total. The van der Waals surface area contributed by atoms with Gasteiger partial charge in [-0.2, -0.15) is 4.80 Å². The summed E-state index contributed by atoms with van der Waals surface area (Å²) in [4.78, 5) is 1.26. The van der Waals surface area contributed by atoms with Gasteiger partial charge in [0.2, 0.25) is 5.82 Å². The number of hydrogen-bond donors (Lipinski definition) is 1. The van der Waals surface area contributed by atoms with Crippen LogP contribution in [0.2, 0.25) is 0 Å². The van der Waals surface area contributed by atoms with E-state index in [2.05, 4.69) is 15.4 Å². The standard InChI is InChI=1S/C15H13FN4O/c16-13-9-5-4-8-12(13)14(21)10-20-18-15(17-19-20)11-6-2-1-3-7-11/h1-9,14,21H,10H2. The lowest BCUT2D eigenvalue weighted by Crippen LogP contribution is -2.12. The molecule has 6 heteroatoms. The monoisotopic (exact) mass is 284 g/mol. The summed E-state index contributed by atoms with van der Waals surface area (Å²) < 4.78 is 13.6. The Kier molecular flexibility index (Phi) is 3.70. The Bertz CT molecular complexity index is 729. The largest absolute Gasteiger partial charge is 0.386 e. The quantitative estimate of drug-likeness (QED) is 0.798. The highest BCUT2D eigenvalue weighted by Gasteiger charge is 2.15.